The van der Waals surface area contributed by atoms with Gasteiger partial charge in [-0.2, -0.15) is 0 Å². The first kappa shape index (κ1) is 22.2. The first-order valence-electron chi connectivity index (χ1n) is 9.30. The van der Waals surface area contributed by atoms with E-state index < -0.39 is 0 Å². The fourth-order valence-electron chi connectivity index (χ4n) is 2.78. The van der Waals surface area contributed by atoms with Crippen LogP contribution in [0, 0.1) is 10.5 Å². The summed E-state index contributed by atoms with van der Waals surface area (Å²) in [4.78, 5) is 12.3. The quantitative estimate of drug-likeness (QED) is 0.353. The maximum absolute atomic E-state index is 12.3. The number of anilines is 2. The number of hydrogen-bond donors (Lipinski definition) is 2. The van der Waals surface area contributed by atoms with Gasteiger partial charge in [-0.15, -0.1) is 0 Å². The minimum atomic E-state index is -0.275. The maximum atomic E-state index is 12.3. The lowest BCUT2D eigenvalue weighted by Crippen LogP contribution is -2.20. The molecule has 3 rings (SSSR count). The Kier molecular flexibility index (Phi) is 7.81. The normalized spacial score (nSPS) is 10.4. The molecule has 3 aromatic carbocycles. The van der Waals surface area contributed by atoms with Crippen LogP contribution in [0.1, 0.15) is 11.1 Å². The van der Waals surface area contributed by atoms with Crippen molar-refractivity contribution in [3.63, 3.8) is 0 Å². The molecule has 1 amide bonds. The Morgan fingerprint density at radius 2 is 1.83 bits per heavy atom. The van der Waals surface area contributed by atoms with E-state index >= 15 is 0 Å². The highest BCUT2D eigenvalue weighted by Gasteiger charge is 2.14. The van der Waals surface area contributed by atoms with E-state index in [2.05, 4.69) is 33.2 Å². The third kappa shape index (κ3) is 6.03. The van der Waals surface area contributed by atoms with Crippen LogP contribution in [-0.4, -0.2) is 19.6 Å². The van der Waals surface area contributed by atoms with E-state index in [9.17, 15) is 4.79 Å². The summed E-state index contributed by atoms with van der Waals surface area (Å²) in [6.07, 6.45) is 0. The third-order valence-corrected chi connectivity index (χ3v) is 5.57. The minimum Gasteiger partial charge on any atom is -0.493 e. The second-order valence-corrected chi connectivity index (χ2v) is 8.20. The van der Waals surface area contributed by atoms with Crippen LogP contribution in [0.3, 0.4) is 0 Å². The first-order chi connectivity index (χ1) is 14.5. The summed E-state index contributed by atoms with van der Waals surface area (Å²) in [6, 6.07) is 19.3. The number of aryl methyl sites for hydroxylation is 1. The number of carbonyl (C=O) groups is 1. The zero-order chi connectivity index (χ0) is 21.5. The van der Waals surface area contributed by atoms with Crippen LogP contribution in [0.15, 0.2) is 60.7 Å². The average Bonchev–Trinajstić information content (AvgIpc) is 2.74. The van der Waals surface area contributed by atoms with Crippen LogP contribution in [0.2, 0.25) is 5.02 Å². The van der Waals surface area contributed by atoms with Gasteiger partial charge in [-0.25, -0.2) is 0 Å². The number of ether oxygens (including phenoxy) is 2. The Morgan fingerprint density at radius 1 is 1.07 bits per heavy atom. The number of rotatable bonds is 8. The summed E-state index contributed by atoms with van der Waals surface area (Å²) in [6.45, 7) is 2.41. The number of nitrogens with one attached hydrogen (secondary N) is 2. The molecule has 0 heterocycles. The van der Waals surface area contributed by atoms with Gasteiger partial charge in [0.1, 0.15) is 0 Å². The number of methoxy groups -OCH3 is 1. The predicted molar refractivity (Wildman–Crippen MR) is 130 cm³/mol. The summed E-state index contributed by atoms with van der Waals surface area (Å²) >= 11 is 8.29. The standard InChI is InChI=1S/C23H22ClIN2O3/c1-15-8-9-18(12-19(15)24)27-22(28)14-30-23-20(25)10-16(11-21(23)29-2)13-26-17-6-4-3-5-7-17/h3-12,26H,13-14H2,1-2H3,(H,27,28). The van der Waals surface area contributed by atoms with Crippen molar-refractivity contribution in [1.29, 1.82) is 0 Å². The Hall–Kier alpha value is -2.45. The molecule has 0 spiro atoms. The lowest BCUT2D eigenvalue weighted by Gasteiger charge is -2.15. The van der Waals surface area contributed by atoms with Crippen molar-refractivity contribution in [3.05, 3.63) is 80.4 Å². The molecule has 0 aromatic heterocycles. The van der Waals surface area contributed by atoms with Crippen molar-refractivity contribution < 1.29 is 14.3 Å². The topological polar surface area (TPSA) is 59.6 Å². The molecule has 0 aliphatic carbocycles. The zero-order valence-corrected chi connectivity index (χ0v) is 19.6. The van der Waals surface area contributed by atoms with E-state index in [4.69, 9.17) is 21.1 Å². The van der Waals surface area contributed by atoms with Crippen LogP contribution in [0.4, 0.5) is 11.4 Å². The second kappa shape index (κ2) is 10.5. The molecule has 2 N–H and O–H groups in total. The Bertz CT molecular complexity index is 1030. The smallest absolute Gasteiger partial charge is 0.262 e. The summed E-state index contributed by atoms with van der Waals surface area (Å²) in [7, 11) is 1.58. The number of amides is 1. The van der Waals surface area contributed by atoms with Crippen LogP contribution in [0.5, 0.6) is 11.5 Å². The van der Waals surface area contributed by atoms with Gasteiger partial charge in [0.2, 0.25) is 0 Å². The van der Waals surface area contributed by atoms with Gasteiger partial charge in [-0.05, 0) is 77.0 Å². The van der Waals surface area contributed by atoms with Crippen LogP contribution < -0.4 is 20.1 Å². The molecule has 0 fully saturated rings. The molecule has 30 heavy (non-hydrogen) atoms. The van der Waals surface area contributed by atoms with E-state index in [1.54, 1.807) is 19.2 Å². The van der Waals surface area contributed by atoms with Crippen molar-refractivity contribution >= 4 is 51.5 Å². The fourth-order valence-corrected chi connectivity index (χ4v) is 3.78. The largest absolute Gasteiger partial charge is 0.493 e. The molecule has 0 unspecified atom stereocenters. The highest BCUT2D eigenvalue weighted by atomic mass is 127. The molecular weight excluding hydrogens is 515 g/mol. The third-order valence-electron chi connectivity index (χ3n) is 4.36. The minimum absolute atomic E-state index is 0.139. The number of para-hydroxylation sites is 1. The van der Waals surface area contributed by atoms with Gasteiger partial charge in [-0.3, -0.25) is 4.79 Å². The van der Waals surface area contributed by atoms with Crippen molar-refractivity contribution in [2.75, 3.05) is 24.4 Å². The van der Waals surface area contributed by atoms with E-state index in [-0.39, 0.29) is 12.5 Å². The van der Waals surface area contributed by atoms with Crippen LogP contribution in [-0.2, 0) is 11.3 Å². The molecule has 0 bridgehead atoms. The van der Waals surface area contributed by atoms with Crippen molar-refractivity contribution in [2.45, 2.75) is 13.5 Å². The molecule has 0 aliphatic heterocycles. The van der Waals surface area contributed by atoms with Gasteiger partial charge < -0.3 is 20.1 Å². The van der Waals surface area contributed by atoms with Crippen LogP contribution >= 0.6 is 34.2 Å². The number of benzene rings is 3. The molecule has 156 valence electrons. The van der Waals surface area contributed by atoms with Gasteiger partial charge in [0.15, 0.2) is 18.1 Å². The summed E-state index contributed by atoms with van der Waals surface area (Å²) < 4.78 is 12.1. The van der Waals surface area contributed by atoms with E-state index in [0.29, 0.717) is 28.8 Å². The zero-order valence-electron chi connectivity index (χ0n) is 16.7. The van der Waals surface area contributed by atoms with E-state index in [1.165, 1.54) is 0 Å². The molecule has 0 atom stereocenters. The van der Waals surface area contributed by atoms with Gasteiger partial charge in [0.05, 0.1) is 10.7 Å². The van der Waals surface area contributed by atoms with Gasteiger partial charge in [0.25, 0.3) is 5.91 Å². The van der Waals surface area contributed by atoms with Crippen molar-refractivity contribution in [2.24, 2.45) is 0 Å². The Morgan fingerprint density at radius 3 is 2.53 bits per heavy atom. The highest BCUT2D eigenvalue weighted by molar-refractivity contribution is 14.1. The summed E-state index contributed by atoms with van der Waals surface area (Å²) in [5, 5.41) is 6.76. The summed E-state index contributed by atoms with van der Waals surface area (Å²) in [5.41, 5.74) is 3.67. The van der Waals surface area contributed by atoms with Crippen molar-refractivity contribution in [3.8, 4) is 11.5 Å². The molecule has 0 saturated heterocycles. The Balaban J connectivity index is 1.63. The van der Waals surface area contributed by atoms with E-state index in [1.807, 2.05) is 55.5 Å². The van der Waals surface area contributed by atoms with Gasteiger partial charge in [-0.1, -0.05) is 35.9 Å². The molecule has 5 nitrogen and oxygen atoms in total. The maximum Gasteiger partial charge on any atom is 0.262 e. The van der Waals surface area contributed by atoms with Crippen molar-refractivity contribution in [1.82, 2.24) is 0 Å². The lowest BCUT2D eigenvalue weighted by atomic mass is 10.2. The monoisotopic (exact) mass is 536 g/mol. The van der Waals surface area contributed by atoms with Crippen LogP contribution in [0.25, 0.3) is 0 Å². The number of hydrogen-bond acceptors (Lipinski definition) is 4. The predicted octanol–water partition coefficient (Wildman–Crippen LogP) is 5.89. The number of carbonyl (C=O) groups excluding carboxylic acids is 1. The highest BCUT2D eigenvalue weighted by Crippen LogP contribution is 2.34. The molecule has 7 heteroatoms. The first-order valence-corrected chi connectivity index (χ1v) is 10.8. The second-order valence-electron chi connectivity index (χ2n) is 6.63. The molecular formula is C23H22ClIN2O3. The van der Waals surface area contributed by atoms with E-state index in [0.717, 1.165) is 20.4 Å². The molecule has 0 radical (unpaired) electrons. The van der Waals surface area contributed by atoms with Gasteiger partial charge in [0, 0.05) is 22.9 Å². The lowest BCUT2D eigenvalue weighted by molar-refractivity contribution is -0.118. The molecule has 0 saturated carbocycles. The summed E-state index contributed by atoms with van der Waals surface area (Å²) in [5.74, 6) is 0.846. The average molecular weight is 537 g/mol. The fraction of sp³-hybridized carbons (Fsp3) is 0.174. The number of halogens is 2. The Labute approximate surface area is 194 Å². The van der Waals surface area contributed by atoms with Gasteiger partial charge >= 0.3 is 0 Å². The molecule has 3 aromatic rings. The molecule has 0 aliphatic rings. The SMILES string of the molecule is COc1cc(CNc2ccccc2)cc(I)c1OCC(=O)Nc1ccc(C)c(Cl)c1.